The molecule has 0 fully saturated rings. The standard InChI is InChI=1S/C19H17ClN2O4/c1-25-16-7-2-13(3-8-16)4-9-19(24)26-12-18(23)22-15-6-5-14(11-21)17(20)10-15/h2-3,5-8,10H,4,9,12H2,1H3,(H,22,23). The molecule has 0 radical (unpaired) electrons. The van der Waals surface area contributed by atoms with Crippen molar-refractivity contribution >= 4 is 29.2 Å². The topological polar surface area (TPSA) is 88.4 Å². The van der Waals surface area contributed by atoms with Gasteiger partial charge in [-0.25, -0.2) is 0 Å². The highest BCUT2D eigenvalue weighted by Gasteiger charge is 2.09. The number of anilines is 1. The summed E-state index contributed by atoms with van der Waals surface area (Å²) in [6.07, 6.45) is 0.679. The highest BCUT2D eigenvalue weighted by Crippen LogP contribution is 2.20. The van der Waals surface area contributed by atoms with Crippen LogP contribution in [0.2, 0.25) is 5.02 Å². The highest BCUT2D eigenvalue weighted by molar-refractivity contribution is 6.32. The second-order valence-corrected chi connectivity index (χ2v) is 5.77. The zero-order valence-electron chi connectivity index (χ0n) is 14.1. The first kappa shape index (κ1) is 19.3. The van der Waals surface area contributed by atoms with E-state index in [0.29, 0.717) is 17.7 Å². The van der Waals surface area contributed by atoms with Gasteiger partial charge in [-0.1, -0.05) is 23.7 Å². The number of amides is 1. The Bertz CT molecular complexity index is 828. The maximum absolute atomic E-state index is 11.8. The third-order valence-electron chi connectivity index (χ3n) is 3.51. The highest BCUT2D eigenvalue weighted by atomic mass is 35.5. The average molecular weight is 373 g/mol. The van der Waals surface area contributed by atoms with Gasteiger partial charge in [-0.15, -0.1) is 0 Å². The summed E-state index contributed by atoms with van der Waals surface area (Å²) in [7, 11) is 1.59. The molecule has 0 unspecified atom stereocenters. The summed E-state index contributed by atoms with van der Waals surface area (Å²) >= 11 is 5.89. The van der Waals surface area contributed by atoms with Gasteiger partial charge in [-0.2, -0.15) is 5.26 Å². The van der Waals surface area contributed by atoms with Crippen molar-refractivity contribution in [2.24, 2.45) is 0 Å². The Morgan fingerprint density at radius 2 is 1.92 bits per heavy atom. The Balaban J connectivity index is 1.75. The number of esters is 1. The molecule has 6 nitrogen and oxygen atoms in total. The molecule has 0 spiro atoms. The van der Waals surface area contributed by atoms with Gasteiger partial charge in [0.15, 0.2) is 6.61 Å². The van der Waals surface area contributed by atoms with Crippen LogP contribution in [0, 0.1) is 11.3 Å². The molecular formula is C19H17ClN2O4. The Morgan fingerprint density at radius 1 is 1.19 bits per heavy atom. The monoisotopic (exact) mass is 372 g/mol. The van der Waals surface area contributed by atoms with E-state index < -0.39 is 11.9 Å². The van der Waals surface area contributed by atoms with Crippen LogP contribution in [0.5, 0.6) is 5.75 Å². The lowest BCUT2D eigenvalue weighted by atomic mass is 10.1. The number of hydrogen-bond acceptors (Lipinski definition) is 5. The van der Waals surface area contributed by atoms with Gasteiger partial charge in [0.1, 0.15) is 11.8 Å². The van der Waals surface area contributed by atoms with Crippen molar-refractivity contribution in [3.05, 3.63) is 58.6 Å². The minimum absolute atomic E-state index is 0.169. The SMILES string of the molecule is COc1ccc(CCC(=O)OCC(=O)Nc2ccc(C#N)c(Cl)c2)cc1. The molecule has 1 N–H and O–H groups in total. The van der Waals surface area contributed by atoms with Gasteiger partial charge in [0, 0.05) is 12.1 Å². The van der Waals surface area contributed by atoms with Crippen LogP contribution in [0.15, 0.2) is 42.5 Å². The van der Waals surface area contributed by atoms with E-state index in [4.69, 9.17) is 26.3 Å². The average Bonchev–Trinajstić information content (AvgIpc) is 2.65. The zero-order chi connectivity index (χ0) is 18.9. The molecule has 0 heterocycles. The molecule has 2 aromatic rings. The third kappa shape index (κ3) is 5.80. The fourth-order valence-corrected chi connectivity index (χ4v) is 2.36. The van der Waals surface area contributed by atoms with Crippen molar-refractivity contribution in [2.75, 3.05) is 19.0 Å². The van der Waals surface area contributed by atoms with E-state index in [0.717, 1.165) is 11.3 Å². The van der Waals surface area contributed by atoms with Crippen LogP contribution in [0.1, 0.15) is 17.5 Å². The van der Waals surface area contributed by atoms with Crippen molar-refractivity contribution in [3.8, 4) is 11.8 Å². The van der Waals surface area contributed by atoms with Crippen molar-refractivity contribution < 1.29 is 19.1 Å². The van der Waals surface area contributed by atoms with Crippen LogP contribution >= 0.6 is 11.6 Å². The molecule has 0 aliphatic rings. The van der Waals surface area contributed by atoms with Gasteiger partial charge in [0.25, 0.3) is 5.91 Å². The zero-order valence-corrected chi connectivity index (χ0v) is 14.9. The van der Waals surface area contributed by atoms with Crippen LogP contribution in [-0.4, -0.2) is 25.6 Å². The second kappa shape index (κ2) is 9.44. The summed E-state index contributed by atoms with van der Waals surface area (Å²) in [5, 5.41) is 11.6. The van der Waals surface area contributed by atoms with E-state index in [-0.39, 0.29) is 18.1 Å². The lowest BCUT2D eigenvalue weighted by molar-refractivity contribution is -0.147. The maximum atomic E-state index is 11.8. The fraction of sp³-hybridized carbons (Fsp3) is 0.211. The van der Waals surface area contributed by atoms with Crippen molar-refractivity contribution in [1.82, 2.24) is 0 Å². The third-order valence-corrected chi connectivity index (χ3v) is 3.83. The van der Waals surface area contributed by atoms with Crippen molar-refractivity contribution in [2.45, 2.75) is 12.8 Å². The van der Waals surface area contributed by atoms with Crippen LogP contribution < -0.4 is 10.1 Å². The number of carbonyl (C=O) groups is 2. The van der Waals surface area contributed by atoms with E-state index in [1.54, 1.807) is 13.2 Å². The number of aryl methyl sites for hydroxylation is 1. The normalized spacial score (nSPS) is 9.88. The minimum Gasteiger partial charge on any atom is -0.497 e. The lowest BCUT2D eigenvalue weighted by Gasteiger charge is -2.08. The van der Waals surface area contributed by atoms with E-state index in [9.17, 15) is 9.59 Å². The fourth-order valence-electron chi connectivity index (χ4n) is 2.14. The van der Waals surface area contributed by atoms with Crippen LogP contribution in [0.3, 0.4) is 0 Å². The van der Waals surface area contributed by atoms with Gasteiger partial charge >= 0.3 is 5.97 Å². The molecule has 0 aromatic heterocycles. The molecular weight excluding hydrogens is 356 g/mol. The number of ether oxygens (including phenoxy) is 2. The largest absolute Gasteiger partial charge is 0.497 e. The van der Waals surface area contributed by atoms with Gasteiger partial charge in [0.2, 0.25) is 0 Å². The Kier molecular flexibility index (Phi) is 7.01. The van der Waals surface area contributed by atoms with Gasteiger partial charge in [0.05, 0.1) is 17.7 Å². The predicted molar refractivity (Wildman–Crippen MR) is 97.1 cm³/mol. The van der Waals surface area contributed by atoms with Gasteiger partial charge < -0.3 is 14.8 Å². The number of nitrogens with zero attached hydrogens (tertiary/aromatic N) is 1. The van der Waals surface area contributed by atoms with Gasteiger partial charge in [-0.3, -0.25) is 9.59 Å². The Hall–Kier alpha value is -3.04. The number of carbonyl (C=O) groups excluding carboxylic acids is 2. The summed E-state index contributed by atoms with van der Waals surface area (Å²) in [6.45, 7) is -0.390. The van der Waals surface area contributed by atoms with Crippen LogP contribution in [-0.2, 0) is 20.7 Å². The molecule has 0 bridgehead atoms. The molecule has 0 aliphatic heterocycles. The molecule has 0 atom stereocenters. The summed E-state index contributed by atoms with van der Waals surface area (Å²) < 4.78 is 10.0. The number of hydrogen-bond donors (Lipinski definition) is 1. The summed E-state index contributed by atoms with van der Waals surface area (Å²) in [4.78, 5) is 23.6. The first-order chi connectivity index (χ1) is 12.5. The maximum Gasteiger partial charge on any atom is 0.306 e. The van der Waals surface area contributed by atoms with E-state index >= 15 is 0 Å². The first-order valence-electron chi connectivity index (χ1n) is 7.80. The molecule has 1 amide bonds. The lowest BCUT2D eigenvalue weighted by Crippen LogP contribution is -2.21. The number of halogens is 1. The second-order valence-electron chi connectivity index (χ2n) is 5.36. The van der Waals surface area contributed by atoms with Crippen molar-refractivity contribution in [3.63, 3.8) is 0 Å². The Morgan fingerprint density at radius 3 is 2.54 bits per heavy atom. The number of methoxy groups -OCH3 is 1. The van der Waals surface area contributed by atoms with Crippen molar-refractivity contribution in [1.29, 1.82) is 5.26 Å². The number of rotatable bonds is 7. The van der Waals surface area contributed by atoms with E-state index in [2.05, 4.69) is 5.32 Å². The predicted octanol–water partition coefficient (Wildman–Crippen LogP) is 3.33. The van der Waals surface area contributed by atoms with E-state index in [1.807, 2.05) is 30.3 Å². The summed E-state index contributed by atoms with van der Waals surface area (Å²) in [5.74, 6) is -0.201. The molecule has 134 valence electrons. The molecule has 26 heavy (non-hydrogen) atoms. The molecule has 0 aliphatic carbocycles. The van der Waals surface area contributed by atoms with Gasteiger partial charge in [-0.05, 0) is 42.3 Å². The molecule has 2 rings (SSSR count). The number of nitriles is 1. The smallest absolute Gasteiger partial charge is 0.306 e. The molecule has 7 heteroatoms. The van der Waals surface area contributed by atoms with Crippen LogP contribution in [0.25, 0.3) is 0 Å². The number of benzene rings is 2. The van der Waals surface area contributed by atoms with Crippen LogP contribution in [0.4, 0.5) is 5.69 Å². The Labute approximate surface area is 156 Å². The quantitative estimate of drug-likeness (QED) is 0.753. The number of nitrogens with one attached hydrogen (secondary N) is 1. The summed E-state index contributed by atoms with van der Waals surface area (Å²) in [5.41, 5.74) is 1.71. The molecule has 2 aromatic carbocycles. The van der Waals surface area contributed by atoms with E-state index in [1.165, 1.54) is 12.1 Å². The summed E-state index contributed by atoms with van der Waals surface area (Å²) in [6, 6.07) is 13.8. The molecule has 0 saturated heterocycles. The first-order valence-corrected chi connectivity index (χ1v) is 8.17. The molecule has 0 saturated carbocycles. The minimum atomic E-state index is -0.483.